The summed E-state index contributed by atoms with van der Waals surface area (Å²) in [6, 6.07) is 7.87. The smallest absolute Gasteiger partial charge is 0.227 e. The van der Waals surface area contributed by atoms with Crippen molar-refractivity contribution in [1.29, 1.82) is 0 Å². The maximum absolute atomic E-state index is 12.2. The van der Waals surface area contributed by atoms with Gasteiger partial charge in [-0.3, -0.25) is 4.79 Å². The zero-order valence-corrected chi connectivity index (χ0v) is 12.5. The van der Waals surface area contributed by atoms with Crippen LogP contribution in [0.5, 0.6) is 0 Å². The highest BCUT2D eigenvalue weighted by molar-refractivity contribution is 14.1. The average molecular weight is 358 g/mol. The number of carbonyl (C=O) groups excluding carboxylic acids is 1. The summed E-state index contributed by atoms with van der Waals surface area (Å²) in [4.78, 5) is 12.2. The normalized spacial score (nSPS) is 23.7. The van der Waals surface area contributed by atoms with E-state index in [4.69, 9.17) is 5.73 Å². The third-order valence-electron chi connectivity index (χ3n) is 3.68. The minimum atomic E-state index is 0.156. The van der Waals surface area contributed by atoms with Crippen LogP contribution in [-0.4, -0.2) is 12.5 Å². The number of para-hydroxylation sites is 1. The molecule has 1 aromatic rings. The maximum atomic E-state index is 12.2. The topological polar surface area (TPSA) is 55.1 Å². The second-order valence-electron chi connectivity index (χ2n) is 4.92. The number of nitrogens with two attached hydrogens (primary N) is 1. The van der Waals surface area contributed by atoms with Crippen LogP contribution >= 0.6 is 22.6 Å². The molecule has 0 heterocycles. The predicted octanol–water partition coefficient (Wildman–Crippen LogP) is 2.99. The van der Waals surface area contributed by atoms with Crippen molar-refractivity contribution in [3.05, 3.63) is 27.8 Å². The number of amides is 1. The van der Waals surface area contributed by atoms with Crippen LogP contribution in [-0.2, 0) is 4.79 Å². The molecule has 0 aromatic heterocycles. The number of nitrogens with one attached hydrogen (secondary N) is 1. The highest BCUT2D eigenvalue weighted by atomic mass is 127. The van der Waals surface area contributed by atoms with Crippen molar-refractivity contribution in [2.24, 2.45) is 17.6 Å². The molecule has 3 nitrogen and oxygen atoms in total. The largest absolute Gasteiger partial charge is 0.330 e. The van der Waals surface area contributed by atoms with E-state index >= 15 is 0 Å². The number of rotatable bonds is 3. The summed E-state index contributed by atoms with van der Waals surface area (Å²) >= 11 is 2.24. The molecule has 0 saturated heterocycles. The number of halogens is 1. The number of anilines is 1. The van der Waals surface area contributed by atoms with E-state index in [0.717, 1.165) is 41.5 Å². The molecule has 4 heteroatoms. The van der Waals surface area contributed by atoms with Gasteiger partial charge in [-0.25, -0.2) is 0 Å². The first-order chi connectivity index (χ1) is 8.70. The van der Waals surface area contributed by atoms with Crippen LogP contribution in [0.1, 0.15) is 25.7 Å². The molecule has 0 spiro atoms. The van der Waals surface area contributed by atoms with Crippen LogP contribution in [0.4, 0.5) is 5.69 Å². The summed E-state index contributed by atoms with van der Waals surface area (Å²) in [6.45, 7) is 0.755. The lowest BCUT2D eigenvalue weighted by atomic mass is 9.81. The van der Waals surface area contributed by atoms with Crippen LogP contribution in [0.25, 0.3) is 0 Å². The van der Waals surface area contributed by atoms with Crippen molar-refractivity contribution in [1.82, 2.24) is 0 Å². The predicted molar refractivity (Wildman–Crippen MR) is 82.3 cm³/mol. The molecule has 0 atom stereocenters. The van der Waals surface area contributed by atoms with E-state index in [-0.39, 0.29) is 11.8 Å². The minimum absolute atomic E-state index is 0.156. The van der Waals surface area contributed by atoms with Crippen LogP contribution in [0.2, 0.25) is 0 Å². The van der Waals surface area contributed by atoms with Gasteiger partial charge in [0.2, 0.25) is 5.91 Å². The zero-order valence-electron chi connectivity index (χ0n) is 10.4. The van der Waals surface area contributed by atoms with Crippen LogP contribution < -0.4 is 11.1 Å². The zero-order chi connectivity index (χ0) is 13.0. The maximum Gasteiger partial charge on any atom is 0.227 e. The van der Waals surface area contributed by atoms with Gasteiger partial charge in [0.1, 0.15) is 0 Å². The van der Waals surface area contributed by atoms with E-state index in [0.29, 0.717) is 5.92 Å². The molecule has 0 radical (unpaired) electrons. The Kier molecular flexibility index (Phi) is 5.00. The number of hydrogen-bond acceptors (Lipinski definition) is 2. The molecule has 1 aliphatic carbocycles. The summed E-state index contributed by atoms with van der Waals surface area (Å²) in [7, 11) is 0. The van der Waals surface area contributed by atoms with E-state index in [1.54, 1.807) is 0 Å². The van der Waals surface area contributed by atoms with Gasteiger partial charge in [0.25, 0.3) is 0 Å². The number of hydrogen-bond donors (Lipinski definition) is 2. The molecular formula is C14H19IN2O. The van der Waals surface area contributed by atoms with E-state index in [2.05, 4.69) is 27.9 Å². The Morgan fingerprint density at radius 1 is 1.28 bits per heavy atom. The molecular weight excluding hydrogens is 339 g/mol. The molecule has 0 unspecified atom stereocenters. The fourth-order valence-corrected chi connectivity index (χ4v) is 2.98. The lowest BCUT2D eigenvalue weighted by molar-refractivity contribution is -0.121. The van der Waals surface area contributed by atoms with E-state index in [1.807, 2.05) is 24.3 Å². The van der Waals surface area contributed by atoms with Gasteiger partial charge in [-0.1, -0.05) is 12.1 Å². The summed E-state index contributed by atoms with van der Waals surface area (Å²) in [6.07, 6.45) is 4.11. The highest BCUT2D eigenvalue weighted by Gasteiger charge is 2.25. The SMILES string of the molecule is NCC1CCC(C(=O)Nc2ccccc2I)CC1. The van der Waals surface area contributed by atoms with Crippen LogP contribution in [0.3, 0.4) is 0 Å². The van der Waals surface area contributed by atoms with Crippen molar-refractivity contribution in [3.63, 3.8) is 0 Å². The van der Waals surface area contributed by atoms with Gasteiger partial charge < -0.3 is 11.1 Å². The Bertz CT molecular complexity index is 414. The Morgan fingerprint density at radius 2 is 1.94 bits per heavy atom. The second kappa shape index (κ2) is 6.52. The minimum Gasteiger partial charge on any atom is -0.330 e. The van der Waals surface area contributed by atoms with Crippen molar-refractivity contribution in [2.75, 3.05) is 11.9 Å². The molecule has 0 bridgehead atoms. The molecule has 1 aromatic carbocycles. The molecule has 1 fully saturated rings. The molecule has 98 valence electrons. The third kappa shape index (κ3) is 3.45. The van der Waals surface area contributed by atoms with Gasteiger partial charge in [-0.2, -0.15) is 0 Å². The van der Waals surface area contributed by atoms with Crippen molar-refractivity contribution < 1.29 is 4.79 Å². The highest BCUT2D eigenvalue weighted by Crippen LogP contribution is 2.29. The van der Waals surface area contributed by atoms with E-state index in [1.165, 1.54) is 0 Å². The fourth-order valence-electron chi connectivity index (χ4n) is 2.46. The van der Waals surface area contributed by atoms with Gasteiger partial charge in [0.05, 0.1) is 5.69 Å². The summed E-state index contributed by atoms with van der Waals surface area (Å²) in [5.74, 6) is 0.935. The fraction of sp³-hybridized carbons (Fsp3) is 0.500. The van der Waals surface area contributed by atoms with Gasteiger partial charge >= 0.3 is 0 Å². The lowest BCUT2D eigenvalue weighted by Crippen LogP contribution is -2.29. The Labute approximate surface area is 122 Å². The van der Waals surface area contributed by atoms with Crippen LogP contribution in [0, 0.1) is 15.4 Å². The first kappa shape index (κ1) is 13.8. The second-order valence-corrected chi connectivity index (χ2v) is 6.08. The van der Waals surface area contributed by atoms with Crippen LogP contribution in [0.15, 0.2) is 24.3 Å². The average Bonchev–Trinajstić information content (AvgIpc) is 2.41. The summed E-state index contributed by atoms with van der Waals surface area (Å²) in [5.41, 5.74) is 6.59. The molecule has 2 rings (SSSR count). The van der Waals surface area contributed by atoms with Gasteiger partial charge in [-0.05, 0) is 72.9 Å². The molecule has 18 heavy (non-hydrogen) atoms. The lowest BCUT2D eigenvalue weighted by Gasteiger charge is -2.26. The van der Waals surface area contributed by atoms with Crippen molar-refractivity contribution in [3.8, 4) is 0 Å². The van der Waals surface area contributed by atoms with E-state index < -0.39 is 0 Å². The molecule has 0 aliphatic heterocycles. The molecule has 1 aliphatic rings. The number of benzene rings is 1. The van der Waals surface area contributed by atoms with E-state index in [9.17, 15) is 4.79 Å². The van der Waals surface area contributed by atoms with Gasteiger partial charge in [-0.15, -0.1) is 0 Å². The molecule has 1 saturated carbocycles. The van der Waals surface area contributed by atoms with Crippen molar-refractivity contribution in [2.45, 2.75) is 25.7 Å². The first-order valence-electron chi connectivity index (χ1n) is 6.46. The summed E-state index contributed by atoms with van der Waals surface area (Å²) < 4.78 is 1.08. The Morgan fingerprint density at radius 3 is 2.56 bits per heavy atom. The number of carbonyl (C=O) groups is 1. The first-order valence-corrected chi connectivity index (χ1v) is 7.54. The molecule has 1 amide bonds. The summed E-state index contributed by atoms with van der Waals surface area (Å²) in [5, 5.41) is 3.04. The monoisotopic (exact) mass is 358 g/mol. The third-order valence-corrected chi connectivity index (χ3v) is 4.62. The van der Waals surface area contributed by atoms with Gasteiger partial charge in [0, 0.05) is 9.49 Å². The Balaban J connectivity index is 1.91. The van der Waals surface area contributed by atoms with Crippen molar-refractivity contribution >= 4 is 34.2 Å². The quantitative estimate of drug-likeness (QED) is 0.817. The molecule has 3 N–H and O–H groups in total. The Hall–Kier alpha value is -0.620. The standard InChI is InChI=1S/C14H19IN2O/c15-12-3-1-2-4-13(12)17-14(18)11-7-5-10(9-16)6-8-11/h1-4,10-11H,5-9,16H2,(H,17,18). The van der Waals surface area contributed by atoms with Gasteiger partial charge in [0.15, 0.2) is 0 Å².